The zero-order valence-corrected chi connectivity index (χ0v) is 10.1. The van der Waals surface area contributed by atoms with E-state index in [9.17, 15) is 4.79 Å². The van der Waals surface area contributed by atoms with Crippen LogP contribution < -0.4 is 10.5 Å². The first kappa shape index (κ1) is 12.7. The van der Waals surface area contributed by atoms with Crippen molar-refractivity contribution in [1.29, 1.82) is 0 Å². The Morgan fingerprint density at radius 3 is 2.50 bits per heavy atom. The molecule has 1 atom stereocenters. The molecule has 0 aliphatic carbocycles. The van der Waals surface area contributed by atoms with Crippen LogP contribution in [0.3, 0.4) is 0 Å². The summed E-state index contributed by atoms with van der Waals surface area (Å²) < 4.78 is 5.18. The van der Waals surface area contributed by atoms with E-state index in [-0.39, 0.29) is 17.6 Å². The highest BCUT2D eigenvalue weighted by Crippen LogP contribution is 2.23. The predicted octanol–water partition coefficient (Wildman–Crippen LogP) is 2.11. The number of Topliss-reactive ketones (excluding diaryl/α,β-unsaturated/α-hetero) is 1. The van der Waals surface area contributed by atoms with Crippen molar-refractivity contribution < 1.29 is 9.53 Å². The monoisotopic (exact) mass is 221 g/mol. The Kier molecular flexibility index (Phi) is 4.50. The Balaban J connectivity index is 3.03. The molecule has 0 spiro atoms. The fourth-order valence-electron chi connectivity index (χ4n) is 1.73. The van der Waals surface area contributed by atoms with Gasteiger partial charge in [-0.3, -0.25) is 4.79 Å². The van der Waals surface area contributed by atoms with Gasteiger partial charge in [-0.05, 0) is 18.1 Å². The summed E-state index contributed by atoms with van der Waals surface area (Å²) in [5.74, 6) is 0.778. The number of hydrogen-bond donors (Lipinski definition) is 1. The van der Waals surface area contributed by atoms with E-state index in [0.29, 0.717) is 17.9 Å². The summed E-state index contributed by atoms with van der Waals surface area (Å²) in [6.07, 6.45) is 0. The number of hydrogen-bond acceptors (Lipinski definition) is 3. The Bertz CT molecular complexity index is 361. The molecule has 0 aliphatic rings. The van der Waals surface area contributed by atoms with Crippen LogP contribution in [0.15, 0.2) is 24.3 Å². The summed E-state index contributed by atoms with van der Waals surface area (Å²) in [4.78, 5) is 12.2. The zero-order valence-electron chi connectivity index (χ0n) is 10.1. The molecular formula is C13H19NO2. The molecule has 3 nitrogen and oxygen atoms in total. The highest BCUT2D eigenvalue weighted by Gasteiger charge is 2.24. The smallest absolute Gasteiger partial charge is 0.171 e. The third-order valence-corrected chi connectivity index (χ3v) is 2.77. The Hall–Kier alpha value is -1.35. The van der Waals surface area contributed by atoms with Gasteiger partial charge in [0.1, 0.15) is 5.75 Å². The van der Waals surface area contributed by atoms with E-state index < -0.39 is 0 Å². The van der Waals surface area contributed by atoms with Gasteiger partial charge in [0, 0.05) is 12.5 Å². The van der Waals surface area contributed by atoms with Gasteiger partial charge in [0.05, 0.1) is 12.7 Å². The topological polar surface area (TPSA) is 52.3 Å². The number of benzene rings is 1. The molecule has 3 heteroatoms. The summed E-state index contributed by atoms with van der Waals surface area (Å²) in [6.45, 7) is 4.38. The quantitative estimate of drug-likeness (QED) is 0.775. The van der Waals surface area contributed by atoms with Gasteiger partial charge in [-0.15, -0.1) is 0 Å². The summed E-state index contributed by atoms with van der Waals surface area (Å²) in [5, 5.41) is 0. The van der Waals surface area contributed by atoms with Gasteiger partial charge in [-0.25, -0.2) is 0 Å². The fraction of sp³-hybridized carbons (Fsp3) is 0.462. The maximum atomic E-state index is 12.2. The first-order chi connectivity index (χ1) is 7.61. The highest BCUT2D eigenvalue weighted by atomic mass is 16.5. The van der Waals surface area contributed by atoms with E-state index in [4.69, 9.17) is 10.5 Å². The Morgan fingerprint density at radius 2 is 2.00 bits per heavy atom. The summed E-state index contributed by atoms with van der Waals surface area (Å²) in [7, 11) is 1.57. The lowest BCUT2D eigenvalue weighted by Crippen LogP contribution is -2.28. The van der Waals surface area contributed by atoms with E-state index in [0.717, 1.165) is 0 Å². The lowest BCUT2D eigenvalue weighted by Gasteiger charge is -2.18. The van der Waals surface area contributed by atoms with Crippen LogP contribution in [0.2, 0.25) is 0 Å². The summed E-state index contributed by atoms with van der Waals surface area (Å²) >= 11 is 0. The Labute approximate surface area is 96.6 Å². The van der Waals surface area contributed by atoms with E-state index in [1.54, 1.807) is 19.2 Å². The van der Waals surface area contributed by atoms with Crippen molar-refractivity contribution in [2.75, 3.05) is 13.7 Å². The van der Waals surface area contributed by atoms with Gasteiger partial charge >= 0.3 is 0 Å². The van der Waals surface area contributed by atoms with Crippen molar-refractivity contribution in [3.05, 3.63) is 29.8 Å². The number of carbonyl (C=O) groups is 1. The van der Waals surface area contributed by atoms with Crippen LogP contribution in [0.4, 0.5) is 0 Å². The number of nitrogens with two attached hydrogens (primary N) is 1. The van der Waals surface area contributed by atoms with E-state index in [1.807, 2.05) is 26.0 Å². The zero-order chi connectivity index (χ0) is 12.1. The van der Waals surface area contributed by atoms with Crippen molar-refractivity contribution in [3.63, 3.8) is 0 Å². The molecule has 0 radical (unpaired) electrons. The number of rotatable bonds is 5. The normalized spacial score (nSPS) is 12.6. The Morgan fingerprint density at radius 1 is 1.38 bits per heavy atom. The summed E-state index contributed by atoms with van der Waals surface area (Å²) in [5.41, 5.74) is 6.26. The van der Waals surface area contributed by atoms with Crippen LogP contribution in [0, 0.1) is 11.8 Å². The van der Waals surface area contributed by atoms with Crippen molar-refractivity contribution >= 4 is 5.78 Å². The minimum atomic E-state index is -0.142. The van der Waals surface area contributed by atoms with Crippen LogP contribution in [0.25, 0.3) is 0 Å². The maximum absolute atomic E-state index is 12.2. The minimum Gasteiger partial charge on any atom is -0.496 e. The minimum absolute atomic E-state index is 0.0648. The molecule has 0 amide bonds. The number of ether oxygens (including phenoxy) is 1. The van der Waals surface area contributed by atoms with Crippen molar-refractivity contribution in [2.24, 2.45) is 17.6 Å². The third kappa shape index (κ3) is 2.61. The molecule has 2 N–H and O–H groups in total. The molecule has 1 aromatic carbocycles. The number of ketones is 1. The first-order valence-electron chi connectivity index (χ1n) is 5.49. The van der Waals surface area contributed by atoms with Crippen molar-refractivity contribution in [3.8, 4) is 5.75 Å². The van der Waals surface area contributed by atoms with Crippen LogP contribution >= 0.6 is 0 Å². The molecule has 0 aromatic heterocycles. The predicted molar refractivity (Wildman–Crippen MR) is 64.7 cm³/mol. The van der Waals surface area contributed by atoms with Crippen molar-refractivity contribution in [1.82, 2.24) is 0 Å². The largest absolute Gasteiger partial charge is 0.496 e. The molecule has 0 heterocycles. The second-order valence-corrected chi connectivity index (χ2v) is 4.15. The number of para-hydroxylation sites is 1. The second kappa shape index (κ2) is 5.66. The van der Waals surface area contributed by atoms with E-state index in [1.165, 1.54) is 0 Å². The van der Waals surface area contributed by atoms with Crippen molar-refractivity contribution in [2.45, 2.75) is 13.8 Å². The number of carbonyl (C=O) groups excluding carboxylic acids is 1. The standard InChI is InChI=1S/C13H19NO2/c1-9(2)11(8-14)13(15)10-6-4-5-7-12(10)16-3/h4-7,9,11H,8,14H2,1-3H3. The second-order valence-electron chi connectivity index (χ2n) is 4.15. The average molecular weight is 221 g/mol. The molecule has 0 aliphatic heterocycles. The van der Waals surface area contributed by atoms with Gasteiger partial charge < -0.3 is 10.5 Å². The molecular weight excluding hydrogens is 202 g/mol. The SMILES string of the molecule is COc1ccccc1C(=O)C(CN)C(C)C. The number of methoxy groups -OCH3 is 1. The molecule has 16 heavy (non-hydrogen) atoms. The molecule has 0 saturated carbocycles. The maximum Gasteiger partial charge on any atom is 0.171 e. The molecule has 1 unspecified atom stereocenters. The van der Waals surface area contributed by atoms with E-state index >= 15 is 0 Å². The van der Waals surface area contributed by atoms with Crippen LogP contribution in [-0.4, -0.2) is 19.4 Å². The first-order valence-corrected chi connectivity index (χ1v) is 5.49. The van der Waals surface area contributed by atoms with Gasteiger partial charge in [0.25, 0.3) is 0 Å². The third-order valence-electron chi connectivity index (χ3n) is 2.77. The summed E-state index contributed by atoms with van der Waals surface area (Å²) in [6, 6.07) is 7.26. The van der Waals surface area contributed by atoms with Gasteiger partial charge in [-0.1, -0.05) is 26.0 Å². The fourth-order valence-corrected chi connectivity index (χ4v) is 1.73. The lowest BCUT2D eigenvalue weighted by atomic mass is 9.88. The molecule has 1 rings (SSSR count). The average Bonchev–Trinajstić information content (AvgIpc) is 2.29. The van der Waals surface area contributed by atoms with Crippen LogP contribution in [0.1, 0.15) is 24.2 Å². The van der Waals surface area contributed by atoms with Crippen LogP contribution in [-0.2, 0) is 0 Å². The lowest BCUT2D eigenvalue weighted by molar-refractivity contribution is 0.0889. The van der Waals surface area contributed by atoms with Gasteiger partial charge in [0.2, 0.25) is 0 Å². The van der Waals surface area contributed by atoms with Gasteiger partial charge in [0.15, 0.2) is 5.78 Å². The molecule has 0 fully saturated rings. The molecule has 1 aromatic rings. The van der Waals surface area contributed by atoms with E-state index in [2.05, 4.69) is 0 Å². The highest BCUT2D eigenvalue weighted by molar-refractivity contribution is 6.00. The van der Waals surface area contributed by atoms with Crippen LogP contribution in [0.5, 0.6) is 5.75 Å². The van der Waals surface area contributed by atoms with Gasteiger partial charge in [-0.2, -0.15) is 0 Å². The molecule has 0 bridgehead atoms. The molecule has 0 saturated heterocycles. The molecule has 88 valence electrons.